The van der Waals surface area contributed by atoms with E-state index in [1.54, 1.807) is 0 Å². The van der Waals surface area contributed by atoms with Crippen molar-refractivity contribution < 1.29 is 21.3 Å². The third-order valence-corrected chi connectivity index (χ3v) is 3.79. The number of hydrogen-bond acceptors (Lipinski definition) is 1. The van der Waals surface area contributed by atoms with Crippen molar-refractivity contribution in [3.05, 3.63) is 60.7 Å². The first-order valence-corrected chi connectivity index (χ1v) is 5.93. The molecule has 0 heterocycles. The van der Waals surface area contributed by atoms with E-state index < -0.39 is 7.80 Å². The minimum absolute atomic E-state index is 0. The average Bonchev–Trinajstić information content (AvgIpc) is 2.30. The molecule has 0 spiro atoms. The van der Waals surface area contributed by atoms with Crippen LogP contribution in [0.3, 0.4) is 0 Å². The van der Waals surface area contributed by atoms with E-state index >= 15 is 0 Å². The minimum Gasteiger partial charge on any atom is -0.317 e. The van der Waals surface area contributed by atoms with Crippen LogP contribution in [0.2, 0.25) is 0 Å². The van der Waals surface area contributed by atoms with Gasteiger partial charge in [-0.1, -0.05) is 60.7 Å². The molecule has 1 nitrogen and oxygen atoms in total. The Bertz CT molecular complexity index is 386. The van der Waals surface area contributed by atoms with Crippen LogP contribution in [0, 0.1) is 0 Å². The molecule has 2 rings (SSSR count). The summed E-state index contributed by atoms with van der Waals surface area (Å²) in [6.45, 7) is 0. The van der Waals surface area contributed by atoms with Gasteiger partial charge in [-0.25, -0.2) is 0 Å². The van der Waals surface area contributed by atoms with Crippen LogP contribution in [0.15, 0.2) is 60.7 Å². The predicted octanol–water partition coefficient (Wildman–Crippen LogP) is 2.19. The monoisotopic (exact) mass is 261 g/mol. The fourth-order valence-electron chi connectivity index (χ4n) is 1.35. The van der Waals surface area contributed by atoms with E-state index in [-0.39, 0.29) is 16.8 Å². The van der Waals surface area contributed by atoms with Gasteiger partial charge in [0.05, 0.1) is 0 Å². The zero-order valence-corrected chi connectivity index (χ0v) is 10.1. The zero-order chi connectivity index (χ0) is 9.80. The predicted molar refractivity (Wildman–Crippen MR) is 61.2 cm³/mol. The maximum atomic E-state index is 12.0. The summed E-state index contributed by atoms with van der Waals surface area (Å²) in [6.07, 6.45) is 0. The van der Waals surface area contributed by atoms with E-state index in [4.69, 9.17) is 0 Å². The molecule has 0 N–H and O–H groups in total. The van der Waals surface area contributed by atoms with Crippen molar-refractivity contribution in [2.75, 3.05) is 0 Å². The number of benzene rings is 2. The third-order valence-electron chi connectivity index (χ3n) is 2.07. The summed E-state index contributed by atoms with van der Waals surface area (Å²) in [7, 11) is -1.79. The summed E-state index contributed by atoms with van der Waals surface area (Å²) in [5, 5.41) is 1.84. The normalized spacial score (nSPS) is 9.67. The van der Waals surface area contributed by atoms with E-state index in [1.165, 1.54) is 0 Å². The number of rotatable bonds is 2. The fraction of sp³-hybridized carbons (Fsp3) is 0. The van der Waals surface area contributed by atoms with Gasteiger partial charge in [0.15, 0.2) is 0 Å². The Balaban J connectivity index is 0.00000112. The number of hydrogen-bond donors (Lipinski definition) is 0. The topological polar surface area (TPSA) is 17.1 Å². The summed E-state index contributed by atoms with van der Waals surface area (Å²) in [4.78, 5) is 0. The first-order chi connectivity index (χ1) is 6.88. The molecule has 0 unspecified atom stereocenters. The van der Waals surface area contributed by atoms with Crippen LogP contribution in [-0.4, -0.2) is 0 Å². The van der Waals surface area contributed by atoms with Gasteiger partial charge >= 0.3 is 0 Å². The molecule has 0 saturated carbocycles. The summed E-state index contributed by atoms with van der Waals surface area (Å²) >= 11 is 0. The Morgan fingerprint density at radius 1 is 0.667 bits per heavy atom. The Morgan fingerprint density at radius 3 is 1.33 bits per heavy atom. The summed E-state index contributed by atoms with van der Waals surface area (Å²) in [6, 6.07) is 19.2. The molecule has 15 heavy (non-hydrogen) atoms. The van der Waals surface area contributed by atoms with Gasteiger partial charge in [0.2, 0.25) is 0 Å². The second-order valence-electron chi connectivity index (χ2n) is 3.06. The Kier molecular flexibility index (Phi) is 4.83. The molecule has 3 heteroatoms. The van der Waals surface area contributed by atoms with Crippen molar-refractivity contribution in [3.8, 4) is 0 Å². The Hall–Kier alpha value is -0.824. The summed E-state index contributed by atoms with van der Waals surface area (Å²) in [5.74, 6) is 0. The molecule has 79 valence electrons. The van der Waals surface area contributed by atoms with Crippen LogP contribution >= 0.6 is 7.80 Å². The first-order valence-electron chi connectivity index (χ1n) is 4.53. The smallest absolute Gasteiger partial charge is 0.131 e. The molecular formula is C12H11CoOP. The van der Waals surface area contributed by atoms with Crippen molar-refractivity contribution >= 4 is 18.4 Å². The van der Waals surface area contributed by atoms with Crippen LogP contribution < -0.4 is 10.6 Å². The van der Waals surface area contributed by atoms with Crippen molar-refractivity contribution in [1.82, 2.24) is 0 Å². The second-order valence-corrected chi connectivity index (χ2v) is 4.87. The van der Waals surface area contributed by atoms with Crippen molar-refractivity contribution in [3.63, 3.8) is 0 Å². The molecule has 0 amide bonds. The maximum absolute atomic E-state index is 12.0. The van der Waals surface area contributed by atoms with Crippen LogP contribution in [0.1, 0.15) is 0 Å². The van der Waals surface area contributed by atoms with Gasteiger partial charge in [0, 0.05) is 27.4 Å². The van der Waals surface area contributed by atoms with Crippen LogP contribution in [0.4, 0.5) is 0 Å². The molecule has 0 fully saturated rings. The van der Waals surface area contributed by atoms with E-state index in [1.807, 2.05) is 60.7 Å². The van der Waals surface area contributed by atoms with Crippen molar-refractivity contribution in [1.29, 1.82) is 0 Å². The molecule has 0 saturated heterocycles. The zero-order valence-electron chi connectivity index (χ0n) is 8.02. The molecule has 0 aromatic heterocycles. The van der Waals surface area contributed by atoms with E-state index in [0.29, 0.717) is 0 Å². The standard InChI is InChI=1S/C12H11OP.Co/c13-14(11-7-3-1-4-8-11)12-9-5-2-6-10-12;/h1-10,14H;. The summed E-state index contributed by atoms with van der Waals surface area (Å²) < 4.78 is 12.0. The molecule has 0 aliphatic heterocycles. The SMILES string of the molecule is O=[PH](c1ccccc1)c1ccccc1.[Co]. The van der Waals surface area contributed by atoms with Crippen LogP contribution in [0.5, 0.6) is 0 Å². The second kappa shape index (κ2) is 5.91. The third kappa shape index (κ3) is 3.06. The van der Waals surface area contributed by atoms with Gasteiger partial charge in [-0.3, -0.25) is 0 Å². The van der Waals surface area contributed by atoms with Gasteiger partial charge in [0.1, 0.15) is 7.80 Å². The quantitative estimate of drug-likeness (QED) is 0.757. The van der Waals surface area contributed by atoms with Gasteiger partial charge in [-0.2, -0.15) is 0 Å². The van der Waals surface area contributed by atoms with Crippen molar-refractivity contribution in [2.24, 2.45) is 0 Å². The maximum Gasteiger partial charge on any atom is 0.131 e. The van der Waals surface area contributed by atoms with Crippen LogP contribution in [-0.2, 0) is 21.3 Å². The molecule has 2 aromatic carbocycles. The van der Waals surface area contributed by atoms with E-state index in [0.717, 1.165) is 10.6 Å². The summed E-state index contributed by atoms with van der Waals surface area (Å²) in [5.41, 5.74) is 0. The molecule has 0 aliphatic rings. The Morgan fingerprint density at radius 2 is 1.00 bits per heavy atom. The van der Waals surface area contributed by atoms with E-state index in [9.17, 15) is 4.57 Å². The van der Waals surface area contributed by atoms with Gasteiger partial charge < -0.3 is 4.57 Å². The van der Waals surface area contributed by atoms with E-state index in [2.05, 4.69) is 0 Å². The molecule has 0 bridgehead atoms. The molecule has 1 radical (unpaired) electrons. The van der Waals surface area contributed by atoms with Gasteiger partial charge in [-0.05, 0) is 0 Å². The molecule has 2 aromatic rings. The molecule has 0 aliphatic carbocycles. The molecular weight excluding hydrogens is 250 g/mol. The fourth-order valence-corrected chi connectivity index (χ4v) is 2.67. The van der Waals surface area contributed by atoms with Crippen LogP contribution in [0.25, 0.3) is 0 Å². The van der Waals surface area contributed by atoms with Crippen molar-refractivity contribution in [2.45, 2.75) is 0 Å². The molecule has 0 atom stereocenters. The van der Waals surface area contributed by atoms with Gasteiger partial charge in [0.25, 0.3) is 0 Å². The largest absolute Gasteiger partial charge is 0.317 e. The van der Waals surface area contributed by atoms with Gasteiger partial charge in [-0.15, -0.1) is 0 Å². The average molecular weight is 261 g/mol. The first kappa shape index (κ1) is 12.2. The minimum atomic E-state index is -1.79. The Labute approximate surface area is 101 Å².